The zero-order valence-corrected chi connectivity index (χ0v) is 38.7. The minimum atomic E-state index is -1.91. The van der Waals surface area contributed by atoms with Gasteiger partial charge in [-0.25, -0.2) is 4.98 Å². The maximum Gasteiger partial charge on any atom is 0.312 e. The van der Waals surface area contributed by atoms with Crippen LogP contribution in [0.5, 0.6) is 17.2 Å². The Labute approximate surface area is 364 Å². The average Bonchev–Trinajstić information content (AvgIpc) is 3.72. The SMILES string of the molecule is COCCN1CCN(/N=C/c2c(O)c3c4c5c(C)c(O)c3c3c2[nH+]c(p3C)/C(C)=C\C=C\[C@H](C)[C@H](O)[C@@H](C)[C@@H](O)[C@@H](C)[C@H](OC(C)=O)[C@H](C)[C@@H](OC)C=CO[C@@](C)(O5)C4=O)CC1. The summed E-state index contributed by atoms with van der Waals surface area (Å²) >= 11 is 0. The van der Waals surface area contributed by atoms with Gasteiger partial charge in [-0.3, -0.25) is 19.5 Å². The van der Waals surface area contributed by atoms with Gasteiger partial charge in [0.05, 0.1) is 48.1 Å². The molecule has 6 rings (SSSR count). The highest BCUT2D eigenvalue weighted by Gasteiger charge is 2.50. The number of rotatable bonds is 7. The summed E-state index contributed by atoms with van der Waals surface area (Å²) in [5.74, 6) is -5.43. The van der Waals surface area contributed by atoms with E-state index in [9.17, 15) is 30.0 Å². The van der Waals surface area contributed by atoms with Crippen LogP contribution in [0, 0.1) is 30.6 Å². The number of hydrazone groups is 1. The predicted molar refractivity (Wildman–Crippen MR) is 239 cm³/mol. The third kappa shape index (κ3) is 8.85. The molecule has 10 atom stereocenters. The molecule has 1 fully saturated rings. The first-order valence-electron chi connectivity index (χ1n) is 21.3. The van der Waals surface area contributed by atoms with Crippen molar-refractivity contribution in [3.05, 3.63) is 52.7 Å². The summed E-state index contributed by atoms with van der Waals surface area (Å²) in [6, 6.07) is 0. The van der Waals surface area contributed by atoms with Crippen molar-refractivity contribution in [3.63, 3.8) is 0 Å². The van der Waals surface area contributed by atoms with E-state index < -0.39 is 67.2 Å². The van der Waals surface area contributed by atoms with Crippen LogP contribution in [0.4, 0.5) is 0 Å². The van der Waals surface area contributed by atoms with Gasteiger partial charge < -0.3 is 44.1 Å². The Hall–Kier alpha value is -4.50. The number of aliphatic hydroxyl groups is 2. The number of carbonyl (C=O) groups is 2. The molecule has 338 valence electrons. The number of Topliss-reactive ketones (excluding diaryl/α,β-unsaturated/α-hetero) is 1. The number of nitrogens with one attached hydrogen (secondary N) is 1. The molecular formula is C46H64N4O11P+. The fourth-order valence-electron chi connectivity index (χ4n) is 9.11. The molecule has 1 aromatic heterocycles. The number of H-pyrrole nitrogens is 1. The number of phenolic OH excluding ortho intramolecular Hbond substituents is 2. The molecule has 15 nitrogen and oxygen atoms in total. The van der Waals surface area contributed by atoms with Crippen LogP contribution in [-0.4, -0.2) is 132 Å². The Kier molecular flexibility index (Phi) is 14.5. The first-order chi connectivity index (χ1) is 29.4. The van der Waals surface area contributed by atoms with Gasteiger partial charge in [0.15, 0.2) is 0 Å². The van der Waals surface area contributed by atoms with Crippen LogP contribution in [0.2, 0.25) is 0 Å². The monoisotopic (exact) mass is 879 g/mol. The average molecular weight is 880 g/mol. The largest absolute Gasteiger partial charge is 0.507 e. The van der Waals surface area contributed by atoms with Crippen LogP contribution in [-0.2, 0) is 30.4 Å². The highest BCUT2D eigenvalue weighted by molar-refractivity contribution is 7.55. The smallest absolute Gasteiger partial charge is 0.312 e. The minimum Gasteiger partial charge on any atom is -0.507 e. The molecule has 1 unspecified atom stereocenters. The third-order valence-corrected chi connectivity index (χ3v) is 15.3. The highest BCUT2D eigenvalue weighted by atomic mass is 31.1. The van der Waals surface area contributed by atoms with E-state index in [2.05, 4.69) is 16.5 Å². The zero-order chi connectivity index (χ0) is 45.4. The summed E-state index contributed by atoms with van der Waals surface area (Å²) in [5, 5.41) is 55.6. The number of aryl methyl sites for hydroxylation is 1. The lowest BCUT2D eigenvalue weighted by atomic mass is 9.78. The number of hydrogen-bond donors (Lipinski definition) is 4. The number of benzene rings is 2. The number of hydrogen-bond acceptors (Lipinski definition) is 14. The second-order valence-corrected chi connectivity index (χ2v) is 19.2. The van der Waals surface area contributed by atoms with Crippen LogP contribution >= 0.6 is 7.53 Å². The number of aliphatic hydroxyl groups excluding tert-OH is 2. The van der Waals surface area contributed by atoms with Crippen molar-refractivity contribution in [1.29, 1.82) is 0 Å². The molecule has 5 N–H and O–H groups in total. The summed E-state index contributed by atoms with van der Waals surface area (Å²) in [5.41, 5.74) is 3.09. The molecule has 0 amide bonds. The van der Waals surface area contributed by atoms with E-state index in [4.69, 9.17) is 28.8 Å². The number of methoxy groups -OCH3 is 2. The number of ketones is 1. The second kappa shape index (κ2) is 19.1. The Bertz CT molecular complexity index is 2300. The number of aromatic amines is 1. The van der Waals surface area contributed by atoms with Crippen molar-refractivity contribution in [1.82, 2.24) is 9.91 Å². The molecule has 62 heavy (non-hydrogen) atoms. The molecule has 3 aliphatic rings. The molecule has 16 heteroatoms. The number of carbonyl (C=O) groups excluding carboxylic acids is 2. The molecule has 1 saturated heterocycles. The van der Waals surface area contributed by atoms with E-state index in [0.29, 0.717) is 41.7 Å². The molecule has 6 bridgehead atoms. The number of fused-ring (bicyclic) bond motifs is 2. The van der Waals surface area contributed by atoms with E-state index in [0.717, 1.165) is 35.8 Å². The van der Waals surface area contributed by atoms with Crippen molar-refractivity contribution in [2.75, 3.05) is 53.6 Å². The number of aromatic nitrogens is 1. The number of phenols is 2. The van der Waals surface area contributed by atoms with E-state index in [1.807, 2.05) is 44.0 Å². The van der Waals surface area contributed by atoms with Gasteiger partial charge in [-0.15, -0.1) is 0 Å². The van der Waals surface area contributed by atoms with Gasteiger partial charge in [0, 0.05) is 106 Å². The number of ether oxygens (including phenoxy) is 5. The lowest BCUT2D eigenvalue weighted by molar-refractivity contribution is -0.342. The van der Waals surface area contributed by atoms with Gasteiger partial charge in [0.25, 0.3) is 5.78 Å². The van der Waals surface area contributed by atoms with Crippen molar-refractivity contribution in [3.8, 4) is 17.2 Å². The van der Waals surface area contributed by atoms with Crippen LogP contribution in [0.1, 0.15) is 75.4 Å². The summed E-state index contributed by atoms with van der Waals surface area (Å²) in [4.78, 5) is 33.0. The Morgan fingerprint density at radius 1 is 1.02 bits per heavy atom. The van der Waals surface area contributed by atoms with Gasteiger partial charge in [0.2, 0.25) is 10.9 Å². The Morgan fingerprint density at radius 3 is 2.35 bits per heavy atom. The molecule has 2 aromatic carbocycles. The standard InChI is InChI=1S/C46H63N4O11P/c1-24-13-12-14-25(2)45-48-36-31(23-47-50-18-16-49(17-19-50)20-22-57-9)40(55)33-34(43(36)62(45)11)39(54)29(6)42-35(33)44(56)46(8,61-42)59-21-15-32(58-10)26(3)41(60-30(7)51)28(5)38(53)27(4)37(24)52/h12-15,21,23-24,26-28,32,37-38,41,52-55H,16-20,22H2,1-11H3/p+1/b13-12+,21-15?,25-14-,47-23+/t24-,26+,27+,28+,32-,37-,38+,41+,46-,62?/m0/s1. The van der Waals surface area contributed by atoms with Crippen LogP contribution in [0.3, 0.4) is 0 Å². The first kappa shape index (κ1) is 47.0. The molecular weight excluding hydrogens is 815 g/mol. The van der Waals surface area contributed by atoms with Crippen molar-refractivity contribution < 1.29 is 58.7 Å². The van der Waals surface area contributed by atoms with Crippen molar-refractivity contribution in [2.24, 2.45) is 35.4 Å². The van der Waals surface area contributed by atoms with Crippen molar-refractivity contribution >= 4 is 52.5 Å². The van der Waals surface area contributed by atoms with Gasteiger partial charge in [-0.1, -0.05) is 45.9 Å². The molecule has 0 aliphatic carbocycles. The first-order valence-corrected chi connectivity index (χ1v) is 23.1. The fourth-order valence-corrected chi connectivity index (χ4v) is 11.3. The topological polar surface area (TPSA) is 194 Å². The maximum atomic E-state index is 14.7. The fraction of sp³-hybridized carbons (Fsp3) is 0.565. The second-order valence-electron chi connectivity index (χ2n) is 17.2. The molecule has 3 aromatic rings. The van der Waals surface area contributed by atoms with Gasteiger partial charge >= 0.3 is 11.8 Å². The lowest BCUT2D eigenvalue weighted by Crippen LogP contribution is -2.46. The number of nitrogens with zero attached hydrogens (tertiary/aromatic N) is 3. The Balaban J connectivity index is 1.55. The van der Waals surface area contributed by atoms with Gasteiger partial charge in [-0.05, 0) is 34.1 Å². The van der Waals surface area contributed by atoms with Crippen LogP contribution in [0.25, 0.3) is 27.0 Å². The summed E-state index contributed by atoms with van der Waals surface area (Å²) in [6.45, 7) is 20.1. The van der Waals surface area contributed by atoms with Crippen LogP contribution < -0.4 is 9.72 Å². The summed E-state index contributed by atoms with van der Waals surface area (Å²) in [6.07, 6.45) is 6.61. The van der Waals surface area contributed by atoms with Gasteiger partial charge in [0.1, 0.15) is 28.9 Å². The summed E-state index contributed by atoms with van der Waals surface area (Å²) < 4.78 is 29.3. The molecule has 0 spiro atoms. The number of aromatic hydroxyl groups is 2. The Morgan fingerprint density at radius 2 is 1.71 bits per heavy atom. The number of piperazine rings is 1. The number of allylic oxidation sites excluding steroid dienone is 3. The van der Waals surface area contributed by atoms with E-state index in [1.54, 1.807) is 40.2 Å². The predicted octanol–water partition coefficient (Wildman–Crippen LogP) is 5.66. The normalized spacial score (nSPS) is 30.7. The van der Waals surface area contributed by atoms with Crippen molar-refractivity contribution in [2.45, 2.75) is 85.6 Å². The molecule has 0 saturated carbocycles. The minimum absolute atomic E-state index is 0.0782. The maximum absolute atomic E-state index is 14.7. The highest BCUT2D eigenvalue weighted by Crippen LogP contribution is 2.56. The summed E-state index contributed by atoms with van der Waals surface area (Å²) in [7, 11) is 1.96. The molecule has 3 aliphatic heterocycles. The lowest BCUT2D eigenvalue weighted by Gasteiger charge is -2.38. The quantitative estimate of drug-likeness (QED) is 0.168. The van der Waals surface area contributed by atoms with E-state index >= 15 is 0 Å². The number of esters is 1. The van der Waals surface area contributed by atoms with E-state index in [1.165, 1.54) is 27.2 Å². The zero-order valence-electron chi connectivity index (χ0n) is 37.8. The van der Waals surface area contributed by atoms with E-state index in [-0.39, 0.29) is 34.1 Å². The van der Waals surface area contributed by atoms with Gasteiger partial charge in [-0.2, -0.15) is 5.10 Å². The van der Waals surface area contributed by atoms with Crippen LogP contribution in [0.15, 0.2) is 35.7 Å². The molecule has 0 radical (unpaired) electrons. The molecule has 4 heterocycles. The third-order valence-electron chi connectivity index (χ3n) is 13.0.